The molecule has 7 heteroatoms. The molecule has 0 unspecified atom stereocenters. The van der Waals surface area contributed by atoms with Gasteiger partial charge < -0.3 is 9.47 Å². The number of anilines is 1. The number of hydrogen-bond acceptors (Lipinski definition) is 4. The number of hydrogen-bond donors (Lipinski definition) is 0. The molecule has 0 aromatic heterocycles. The maximum Gasteiger partial charge on any atom is 0.264 e. The molecule has 1 heterocycles. The van der Waals surface area contributed by atoms with Crippen molar-refractivity contribution in [1.82, 2.24) is 0 Å². The van der Waals surface area contributed by atoms with E-state index in [9.17, 15) is 12.8 Å². The second-order valence-corrected chi connectivity index (χ2v) is 8.81. The third kappa shape index (κ3) is 3.78. The number of sulfonamides is 1. The lowest BCUT2D eigenvalue weighted by Gasteiger charge is -2.25. The van der Waals surface area contributed by atoms with E-state index in [-0.39, 0.29) is 18.2 Å². The van der Waals surface area contributed by atoms with Gasteiger partial charge in [-0.05, 0) is 49.2 Å². The van der Waals surface area contributed by atoms with Crippen LogP contribution < -0.4 is 13.8 Å². The Bertz CT molecular complexity index is 1180. The predicted octanol–water partition coefficient (Wildman–Crippen LogP) is 4.57. The summed E-state index contributed by atoms with van der Waals surface area (Å²) in [5, 5.41) is 0. The Morgan fingerprint density at radius 3 is 2.52 bits per heavy atom. The quantitative estimate of drug-likeness (QED) is 0.615. The summed E-state index contributed by atoms with van der Waals surface area (Å²) in [6.07, 6.45) is 0. The fourth-order valence-corrected chi connectivity index (χ4v) is 4.65. The summed E-state index contributed by atoms with van der Waals surface area (Å²) in [4.78, 5) is -0.106. The van der Waals surface area contributed by atoms with Gasteiger partial charge in [-0.2, -0.15) is 0 Å². The molecule has 29 heavy (non-hydrogen) atoms. The molecule has 150 valence electrons. The monoisotopic (exact) mass is 413 g/mol. The van der Waals surface area contributed by atoms with Gasteiger partial charge in [-0.25, -0.2) is 12.8 Å². The van der Waals surface area contributed by atoms with E-state index in [0.717, 1.165) is 17.2 Å². The standard InChI is InChI=1S/C22H20FNO4S/c1-15-4-3-5-17(10-15)13-24(18-7-9-21-22(11-18)28-14-27-21)29(25,26)19-8-6-16(2)20(23)12-19/h3-12H,13-14H2,1-2H3. The minimum absolute atomic E-state index is 0.0899. The van der Waals surface area contributed by atoms with Crippen LogP contribution in [0, 0.1) is 19.7 Å². The van der Waals surface area contributed by atoms with Gasteiger partial charge in [-0.15, -0.1) is 0 Å². The Balaban J connectivity index is 1.81. The second-order valence-electron chi connectivity index (χ2n) is 6.95. The lowest BCUT2D eigenvalue weighted by molar-refractivity contribution is 0.174. The highest BCUT2D eigenvalue weighted by molar-refractivity contribution is 7.92. The maximum absolute atomic E-state index is 14.1. The molecule has 0 bridgehead atoms. The molecule has 5 nitrogen and oxygen atoms in total. The molecule has 3 aromatic rings. The molecule has 1 aliphatic rings. The SMILES string of the molecule is Cc1cccc(CN(c2ccc3c(c2)OCO3)S(=O)(=O)c2ccc(C)c(F)c2)c1. The minimum Gasteiger partial charge on any atom is -0.454 e. The van der Waals surface area contributed by atoms with Crippen LogP contribution in [0.3, 0.4) is 0 Å². The Hall–Kier alpha value is -3.06. The summed E-state index contributed by atoms with van der Waals surface area (Å²) in [6.45, 7) is 3.72. The van der Waals surface area contributed by atoms with Crippen molar-refractivity contribution in [3.05, 3.63) is 83.2 Å². The van der Waals surface area contributed by atoms with Gasteiger partial charge in [0.15, 0.2) is 11.5 Å². The van der Waals surface area contributed by atoms with Crippen molar-refractivity contribution < 1.29 is 22.3 Å². The van der Waals surface area contributed by atoms with Crippen LogP contribution in [0.4, 0.5) is 10.1 Å². The van der Waals surface area contributed by atoms with E-state index in [0.29, 0.717) is 22.7 Å². The largest absolute Gasteiger partial charge is 0.454 e. The average molecular weight is 413 g/mol. The van der Waals surface area contributed by atoms with Crippen molar-refractivity contribution >= 4 is 15.7 Å². The first kappa shape index (κ1) is 19.3. The van der Waals surface area contributed by atoms with Crippen LogP contribution >= 0.6 is 0 Å². The van der Waals surface area contributed by atoms with Gasteiger partial charge in [0.25, 0.3) is 10.0 Å². The lowest BCUT2D eigenvalue weighted by Crippen LogP contribution is -2.30. The number of rotatable bonds is 5. The van der Waals surface area contributed by atoms with Crippen molar-refractivity contribution in [1.29, 1.82) is 0 Å². The molecule has 0 fully saturated rings. The van der Waals surface area contributed by atoms with Gasteiger partial charge in [0.2, 0.25) is 6.79 Å². The van der Waals surface area contributed by atoms with Gasteiger partial charge in [0, 0.05) is 6.07 Å². The van der Waals surface area contributed by atoms with Crippen molar-refractivity contribution in [3.8, 4) is 11.5 Å². The Morgan fingerprint density at radius 1 is 0.966 bits per heavy atom. The molecule has 0 spiro atoms. The number of halogens is 1. The zero-order chi connectivity index (χ0) is 20.6. The van der Waals surface area contributed by atoms with E-state index in [1.165, 1.54) is 16.4 Å². The highest BCUT2D eigenvalue weighted by atomic mass is 32.2. The molecule has 0 aliphatic carbocycles. The fraction of sp³-hybridized carbons (Fsp3) is 0.182. The van der Waals surface area contributed by atoms with E-state index in [1.54, 1.807) is 25.1 Å². The zero-order valence-corrected chi connectivity index (χ0v) is 16.9. The summed E-state index contributed by atoms with van der Waals surface area (Å²) >= 11 is 0. The second kappa shape index (κ2) is 7.40. The van der Waals surface area contributed by atoms with Crippen LogP contribution in [-0.2, 0) is 16.6 Å². The first-order valence-corrected chi connectivity index (χ1v) is 10.5. The normalized spacial score (nSPS) is 12.8. The predicted molar refractivity (Wildman–Crippen MR) is 108 cm³/mol. The first-order valence-electron chi connectivity index (χ1n) is 9.09. The van der Waals surface area contributed by atoms with Gasteiger partial charge in [0.1, 0.15) is 5.82 Å². The van der Waals surface area contributed by atoms with Crippen molar-refractivity contribution in [3.63, 3.8) is 0 Å². The summed E-state index contributed by atoms with van der Waals surface area (Å²) in [5.41, 5.74) is 2.64. The smallest absolute Gasteiger partial charge is 0.264 e. The van der Waals surface area contributed by atoms with Crippen LogP contribution in [0.2, 0.25) is 0 Å². The maximum atomic E-state index is 14.1. The van der Waals surface area contributed by atoms with E-state index >= 15 is 0 Å². The molecular weight excluding hydrogens is 393 g/mol. The van der Waals surface area contributed by atoms with Gasteiger partial charge in [-0.3, -0.25) is 4.31 Å². The third-order valence-corrected chi connectivity index (χ3v) is 6.55. The summed E-state index contributed by atoms with van der Waals surface area (Å²) in [7, 11) is -4.02. The highest BCUT2D eigenvalue weighted by Crippen LogP contribution is 2.37. The molecule has 3 aromatic carbocycles. The fourth-order valence-electron chi connectivity index (χ4n) is 3.19. The number of aryl methyl sites for hydroxylation is 2. The van der Waals surface area contributed by atoms with Crippen LogP contribution in [0.25, 0.3) is 0 Å². The molecule has 0 amide bonds. The molecule has 0 radical (unpaired) electrons. The van der Waals surface area contributed by atoms with Gasteiger partial charge >= 0.3 is 0 Å². The van der Waals surface area contributed by atoms with E-state index < -0.39 is 15.8 Å². The van der Waals surface area contributed by atoms with Gasteiger partial charge in [-0.1, -0.05) is 35.9 Å². The summed E-state index contributed by atoms with van der Waals surface area (Å²) in [6, 6.07) is 16.5. The average Bonchev–Trinajstić information content (AvgIpc) is 3.16. The molecular formula is C22H20FNO4S. The number of ether oxygens (including phenoxy) is 2. The van der Waals surface area contributed by atoms with Crippen molar-refractivity contribution in [2.24, 2.45) is 0 Å². The minimum atomic E-state index is -4.02. The Labute approximate surface area is 169 Å². The Morgan fingerprint density at radius 2 is 1.76 bits per heavy atom. The van der Waals surface area contributed by atoms with Crippen LogP contribution in [-0.4, -0.2) is 15.2 Å². The molecule has 1 aliphatic heterocycles. The van der Waals surface area contributed by atoms with Crippen molar-refractivity contribution in [2.45, 2.75) is 25.3 Å². The van der Waals surface area contributed by atoms with E-state index in [2.05, 4.69) is 0 Å². The Kier molecular flexibility index (Phi) is 4.92. The summed E-state index contributed by atoms with van der Waals surface area (Å²) < 4.78 is 53.1. The van der Waals surface area contributed by atoms with Crippen molar-refractivity contribution in [2.75, 3.05) is 11.1 Å². The van der Waals surface area contributed by atoms with E-state index in [1.807, 2.05) is 31.2 Å². The number of benzene rings is 3. The molecule has 0 atom stereocenters. The first-order chi connectivity index (χ1) is 13.8. The van der Waals surface area contributed by atoms with E-state index in [4.69, 9.17) is 9.47 Å². The summed E-state index contributed by atoms with van der Waals surface area (Å²) in [5.74, 6) is 0.470. The number of fused-ring (bicyclic) bond motifs is 1. The zero-order valence-electron chi connectivity index (χ0n) is 16.1. The van der Waals surface area contributed by atoms with Crippen LogP contribution in [0.1, 0.15) is 16.7 Å². The van der Waals surface area contributed by atoms with Crippen LogP contribution in [0.5, 0.6) is 11.5 Å². The van der Waals surface area contributed by atoms with Gasteiger partial charge in [0.05, 0.1) is 17.1 Å². The highest BCUT2D eigenvalue weighted by Gasteiger charge is 2.28. The number of nitrogens with zero attached hydrogens (tertiary/aromatic N) is 1. The molecule has 4 rings (SSSR count). The topological polar surface area (TPSA) is 55.8 Å². The molecule has 0 saturated carbocycles. The third-order valence-electron chi connectivity index (χ3n) is 4.78. The molecule has 0 N–H and O–H groups in total. The lowest BCUT2D eigenvalue weighted by atomic mass is 10.1. The molecule has 0 saturated heterocycles. The van der Waals surface area contributed by atoms with Crippen LogP contribution in [0.15, 0.2) is 65.6 Å².